The van der Waals surface area contributed by atoms with Gasteiger partial charge in [0.2, 0.25) is 0 Å². The van der Waals surface area contributed by atoms with E-state index in [2.05, 4.69) is 10.6 Å². The second-order valence-electron chi connectivity index (χ2n) is 4.62. The molecule has 1 aliphatic rings. The fraction of sp³-hybridized carbons (Fsp3) is 0.385. The SMILES string of the molecule is CC1CC1NC(=O)NC(C(=O)O)c1ccccc1. The van der Waals surface area contributed by atoms with E-state index in [1.54, 1.807) is 30.3 Å². The first-order valence-corrected chi connectivity index (χ1v) is 5.92. The Morgan fingerprint density at radius 2 is 1.94 bits per heavy atom. The molecule has 0 aliphatic heterocycles. The number of carbonyl (C=O) groups is 2. The Bertz CT molecular complexity index is 447. The molecular weight excluding hydrogens is 232 g/mol. The van der Waals surface area contributed by atoms with Crippen LogP contribution in [0.25, 0.3) is 0 Å². The Morgan fingerprint density at radius 1 is 1.33 bits per heavy atom. The van der Waals surface area contributed by atoms with Crippen molar-refractivity contribution in [3.8, 4) is 0 Å². The number of carboxylic acid groups (broad SMARTS) is 1. The zero-order chi connectivity index (χ0) is 13.1. The molecule has 18 heavy (non-hydrogen) atoms. The largest absolute Gasteiger partial charge is 0.479 e. The summed E-state index contributed by atoms with van der Waals surface area (Å²) in [7, 11) is 0. The van der Waals surface area contributed by atoms with Crippen molar-refractivity contribution in [2.45, 2.75) is 25.4 Å². The molecule has 3 N–H and O–H groups in total. The van der Waals surface area contributed by atoms with Crippen molar-refractivity contribution < 1.29 is 14.7 Å². The second kappa shape index (κ2) is 5.08. The van der Waals surface area contributed by atoms with E-state index in [1.807, 2.05) is 6.92 Å². The number of aliphatic carboxylic acids is 1. The number of carbonyl (C=O) groups excluding carboxylic acids is 1. The Labute approximate surface area is 105 Å². The van der Waals surface area contributed by atoms with E-state index in [-0.39, 0.29) is 6.04 Å². The Hall–Kier alpha value is -2.04. The van der Waals surface area contributed by atoms with Gasteiger partial charge in [0, 0.05) is 6.04 Å². The summed E-state index contributed by atoms with van der Waals surface area (Å²) in [6.07, 6.45) is 0.955. The smallest absolute Gasteiger partial charge is 0.330 e. The molecule has 1 saturated carbocycles. The van der Waals surface area contributed by atoms with Crippen molar-refractivity contribution >= 4 is 12.0 Å². The molecular formula is C13H16N2O3. The molecule has 0 radical (unpaired) electrons. The van der Waals surface area contributed by atoms with Crippen molar-refractivity contribution in [2.75, 3.05) is 0 Å². The van der Waals surface area contributed by atoms with Crippen LogP contribution in [-0.2, 0) is 4.79 Å². The third-order valence-corrected chi connectivity index (χ3v) is 3.08. The molecule has 3 atom stereocenters. The lowest BCUT2D eigenvalue weighted by atomic mass is 10.1. The molecule has 5 nitrogen and oxygen atoms in total. The highest BCUT2D eigenvalue weighted by atomic mass is 16.4. The second-order valence-corrected chi connectivity index (χ2v) is 4.62. The van der Waals surface area contributed by atoms with E-state index >= 15 is 0 Å². The number of benzene rings is 1. The average Bonchev–Trinajstić information content (AvgIpc) is 3.02. The standard InChI is InChI=1S/C13H16N2O3/c1-8-7-10(8)14-13(18)15-11(12(16)17)9-5-3-2-4-6-9/h2-6,8,10-11H,7H2,1H3,(H,16,17)(H2,14,15,18). The number of hydrogen-bond donors (Lipinski definition) is 3. The molecule has 1 fully saturated rings. The summed E-state index contributed by atoms with van der Waals surface area (Å²) in [6.45, 7) is 2.04. The van der Waals surface area contributed by atoms with Gasteiger partial charge in [0.1, 0.15) is 0 Å². The number of rotatable bonds is 4. The molecule has 0 bridgehead atoms. The highest BCUT2D eigenvalue weighted by Crippen LogP contribution is 2.28. The molecule has 0 spiro atoms. The summed E-state index contributed by atoms with van der Waals surface area (Å²) in [5, 5.41) is 14.4. The van der Waals surface area contributed by atoms with Crippen LogP contribution in [0.1, 0.15) is 24.9 Å². The third kappa shape index (κ3) is 3.00. The summed E-state index contributed by atoms with van der Waals surface area (Å²) in [5.41, 5.74) is 0.559. The zero-order valence-electron chi connectivity index (χ0n) is 10.1. The number of urea groups is 1. The van der Waals surface area contributed by atoms with Gasteiger partial charge in [-0.1, -0.05) is 37.3 Å². The molecule has 96 valence electrons. The van der Waals surface area contributed by atoms with Gasteiger partial charge < -0.3 is 15.7 Å². The number of amides is 2. The van der Waals surface area contributed by atoms with Crippen molar-refractivity contribution in [2.24, 2.45) is 5.92 Å². The Balaban J connectivity index is 1.98. The minimum Gasteiger partial charge on any atom is -0.479 e. The fourth-order valence-electron chi connectivity index (χ4n) is 1.80. The van der Waals surface area contributed by atoms with Crippen LogP contribution in [-0.4, -0.2) is 23.1 Å². The summed E-state index contributed by atoms with van der Waals surface area (Å²) >= 11 is 0. The number of carboxylic acids is 1. The van der Waals surface area contributed by atoms with Crippen molar-refractivity contribution in [3.05, 3.63) is 35.9 Å². The van der Waals surface area contributed by atoms with Crippen LogP contribution >= 0.6 is 0 Å². The topological polar surface area (TPSA) is 78.4 Å². The van der Waals surface area contributed by atoms with Gasteiger partial charge in [0.25, 0.3) is 0 Å². The van der Waals surface area contributed by atoms with Gasteiger partial charge in [-0.3, -0.25) is 0 Å². The van der Waals surface area contributed by atoms with E-state index < -0.39 is 18.0 Å². The predicted octanol–water partition coefficient (Wildman–Crippen LogP) is 1.52. The Kier molecular flexibility index (Phi) is 3.50. The molecule has 5 heteroatoms. The van der Waals surface area contributed by atoms with Gasteiger partial charge in [-0.25, -0.2) is 9.59 Å². The molecule has 1 aromatic carbocycles. The van der Waals surface area contributed by atoms with Crippen LogP contribution in [0.3, 0.4) is 0 Å². The van der Waals surface area contributed by atoms with E-state index in [4.69, 9.17) is 5.11 Å². The van der Waals surface area contributed by atoms with E-state index in [0.717, 1.165) is 6.42 Å². The maximum Gasteiger partial charge on any atom is 0.330 e. The molecule has 2 rings (SSSR count). The monoisotopic (exact) mass is 248 g/mol. The molecule has 3 unspecified atom stereocenters. The van der Waals surface area contributed by atoms with Crippen LogP contribution in [0.2, 0.25) is 0 Å². The maximum atomic E-state index is 11.6. The predicted molar refractivity (Wildman–Crippen MR) is 66.1 cm³/mol. The first kappa shape index (κ1) is 12.4. The van der Waals surface area contributed by atoms with E-state index in [1.165, 1.54) is 0 Å². The average molecular weight is 248 g/mol. The highest BCUT2D eigenvalue weighted by Gasteiger charge is 2.34. The maximum absolute atomic E-state index is 11.6. The normalized spacial score (nSPS) is 22.9. The molecule has 0 heterocycles. The first-order valence-electron chi connectivity index (χ1n) is 5.92. The summed E-state index contributed by atoms with van der Waals surface area (Å²) in [6, 6.07) is 7.38. The molecule has 0 aromatic heterocycles. The van der Waals surface area contributed by atoms with Gasteiger partial charge in [-0.2, -0.15) is 0 Å². The summed E-state index contributed by atoms with van der Waals surface area (Å²) in [5.74, 6) is -0.587. The number of hydrogen-bond acceptors (Lipinski definition) is 2. The van der Waals surface area contributed by atoms with Crippen LogP contribution in [0.15, 0.2) is 30.3 Å². The molecule has 1 aromatic rings. The quantitative estimate of drug-likeness (QED) is 0.756. The van der Waals surface area contributed by atoms with Crippen molar-refractivity contribution in [3.63, 3.8) is 0 Å². The van der Waals surface area contributed by atoms with E-state index in [0.29, 0.717) is 11.5 Å². The van der Waals surface area contributed by atoms with Gasteiger partial charge in [-0.15, -0.1) is 0 Å². The lowest BCUT2D eigenvalue weighted by molar-refractivity contribution is -0.139. The van der Waals surface area contributed by atoms with Crippen molar-refractivity contribution in [1.29, 1.82) is 0 Å². The summed E-state index contributed by atoms with van der Waals surface area (Å²) < 4.78 is 0. The van der Waals surface area contributed by atoms with Crippen molar-refractivity contribution in [1.82, 2.24) is 10.6 Å². The first-order chi connectivity index (χ1) is 8.58. The molecule has 2 amide bonds. The third-order valence-electron chi connectivity index (χ3n) is 3.08. The highest BCUT2D eigenvalue weighted by molar-refractivity contribution is 5.83. The fourth-order valence-corrected chi connectivity index (χ4v) is 1.80. The van der Waals surface area contributed by atoms with Crippen LogP contribution < -0.4 is 10.6 Å². The van der Waals surface area contributed by atoms with Gasteiger partial charge in [-0.05, 0) is 17.9 Å². The van der Waals surface area contributed by atoms with Crippen LogP contribution in [0.4, 0.5) is 4.79 Å². The molecule has 1 aliphatic carbocycles. The summed E-state index contributed by atoms with van der Waals surface area (Å²) in [4.78, 5) is 22.8. The van der Waals surface area contributed by atoms with Gasteiger partial charge in [0.05, 0.1) is 0 Å². The van der Waals surface area contributed by atoms with Gasteiger partial charge in [0.15, 0.2) is 6.04 Å². The zero-order valence-corrected chi connectivity index (χ0v) is 10.1. The Morgan fingerprint density at radius 3 is 2.44 bits per heavy atom. The van der Waals surface area contributed by atoms with Gasteiger partial charge >= 0.3 is 12.0 Å². The lowest BCUT2D eigenvalue weighted by Gasteiger charge is -2.15. The lowest BCUT2D eigenvalue weighted by Crippen LogP contribution is -2.42. The van der Waals surface area contributed by atoms with Crippen LogP contribution in [0, 0.1) is 5.92 Å². The molecule has 0 saturated heterocycles. The minimum atomic E-state index is -1.07. The minimum absolute atomic E-state index is 0.176. The van der Waals surface area contributed by atoms with E-state index in [9.17, 15) is 9.59 Å². The number of nitrogens with one attached hydrogen (secondary N) is 2. The van der Waals surface area contributed by atoms with Crippen LogP contribution in [0.5, 0.6) is 0 Å².